The van der Waals surface area contributed by atoms with Gasteiger partial charge in [-0.2, -0.15) is 13.2 Å². The molecule has 2 aromatic rings. The normalized spacial score (nSPS) is 20.3. The first-order chi connectivity index (χ1) is 8.95. The lowest BCUT2D eigenvalue weighted by atomic mass is 10.0. The minimum atomic E-state index is -4.37. The molecule has 0 saturated carbocycles. The highest BCUT2D eigenvalue weighted by Crippen LogP contribution is 2.40. The number of aromatic nitrogens is 1. The first-order valence-corrected chi connectivity index (χ1v) is 6.65. The summed E-state index contributed by atoms with van der Waals surface area (Å²) >= 11 is 1.07. The summed E-state index contributed by atoms with van der Waals surface area (Å²) in [7, 11) is 0. The molecule has 7 heteroatoms. The van der Waals surface area contributed by atoms with Crippen molar-refractivity contribution >= 4 is 26.7 Å². The Morgan fingerprint density at radius 3 is 2.79 bits per heavy atom. The van der Waals surface area contributed by atoms with Crippen molar-refractivity contribution in [2.75, 3.05) is 12.3 Å². The van der Waals surface area contributed by atoms with Crippen LogP contribution in [0.5, 0.6) is 0 Å². The second kappa shape index (κ2) is 4.35. The Morgan fingerprint density at radius 1 is 1.37 bits per heavy atom. The number of hydrogen-bond acceptors (Lipinski definition) is 4. The number of anilines is 1. The number of nitrogens with zero attached hydrogens (tertiary/aromatic N) is 1. The molecule has 19 heavy (non-hydrogen) atoms. The van der Waals surface area contributed by atoms with Crippen LogP contribution in [0.3, 0.4) is 0 Å². The maximum absolute atomic E-state index is 12.9. The van der Waals surface area contributed by atoms with E-state index in [0.29, 0.717) is 28.8 Å². The Bertz CT molecular complexity index is 617. The minimum absolute atomic E-state index is 0.272. The summed E-state index contributed by atoms with van der Waals surface area (Å²) < 4.78 is 44.6. The zero-order valence-corrected chi connectivity index (χ0v) is 10.6. The number of thiazole rings is 1. The lowest BCUT2D eigenvalue weighted by molar-refractivity contribution is -0.137. The van der Waals surface area contributed by atoms with Crippen LogP contribution in [0.4, 0.5) is 18.3 Å². The fraction of sp³-hybridized carbons (Fsp3) is 0.417. The zero-order valence-electron chi connectivity index (χ0n) is 9.83. The summed E-state index contributed by atoms with van der Waals surface area (Å²) in [5.41, 5.74) is 5.96. The number of rotatable bonds is 1. The summed E-state index contributed by atoms with van der Waals surface area (Å²) in [5.74, 6) is 0. The molecule has 1 aromatic heterocycles. The highest BCUT2D eigenvalue weighted by atomic mass is 32.1. The molecule has 0 spiro atoms. The predicted molar refractivity (Wildman–Crippen MR) is 67.0 cm³/mol. The highest BCUT2D eigenvalue weighted by Gasteiger charge is 2.33. The number of benzene rings is 1. The van der Waals surface area contributed by atoms with E-state index < -0.39 is 11.7 Å². The van der Waals surface area contributed by atoms with E-state index in [0.717, 1.165) is 29.9 Å². The Kier molecular flexibility index (Phi) is 2.90. The molecule has 1 atom stereocenters. The molecule has 1 aliphatic heterocycles. The van der Waals surface area contributed by atoms with Crippen LogP contribution < -0.4 is 5.73 Å². The lowest BCUT2D eigenvalue weighted by Gasteiger charge is -2.14. The first-order valence-electron chi connectivity index (χ1n) is 5.84. The van der Waals surface area contributed by atoms with Crippen molar-refractivity contribution in [1.82, 2.24) is 4.98 Å². The van der Waals surface area contributed by atoms with Crippen molar-refractivity contribution in [1.29, 1.82) is 0 Å². The molecule has 102 valence electrons. The van der Waals surface area contributed by atoms with E-state index in [-0.39, 0.29) is 11.2 Å². The number of nitrogens with two attached hydrogens (primary N) is 1. The Balaban J connectivity index is 2.21. The van der Waals surface area contributed by atoms with E-state index in [1.807, 2.05) is 0 Å². The van der Waals surface area contributed by atoms with Crippen LogP contribution in [0.1, 0.15) is 30.1 Å². The van der Waals surface area contributed by atoms with Crippen molar-refractivity contribution in [3.63, 3.8) is 0 Å². The largest absolute Gasteiger partial charge is 0.416 e. The van der Waals surface area contributed by atoms with Gasteiger partial charge < -0.3 is 10.5 Å². The van der Waals surface area contributed by atoms with Crippen LogP contribution in [0.15, 0.2) is 12.1 Å². The molecular weight excluding hydrogens is 277 g/mol. The van der Waals surface area contributed by atoms with Crippen LogP contribution in [0.25, 0.3) is 10.2 Å². The summed E-state index contributed by atoms with van der Waals surface area (Å²) in [6.45, 7) is 0.571. The molecule has 2 N–H and O–H groups in total. The van der Waals surface area contributed by atoms with Crippen molar-refractivity contribution in [2.24, 2.45) is 0 Å². The van der Waals surface area contributed by atoms with Crippen LogP contribution in [0.2, 0.25) is 0 Å². The maximum Gasteiger partial charge on any atom is 0.416 e. The van der Waals surface area contributed by atoms with E-state index in [1.54, 1.807) is 0 Å². The minimum Gasteiger partial charge on any atom is -0.375 e. The second-order valence-electron chi connectivity index (χ2n) is 4.46. The quantitative estimate of drug-likeness (QED) is 0.869. The molecule has 2 heterocycles. The van der Waals surface area contributed by atoms with Crippen molar-refractivity contribution < 1.29 is 17.9 Å². The van der Waals surface area contributed by atoms with E-state index in [2.05, 4.69) is 4.98 Å². The number of halogens is 3. The molecule has 0 radical (unpaired) electrons. The number of ether oxygens (including phenoxy) is 1. The van der Waals surface area contributed by atoms with Crippen LogP contribution in [0, 0.1) is 0 Å². The summed E-state index contributed by atoms with van der Waals surface area (Å²) in [5, 5.41) is 0.272. The Morgan fingerprint density at radius 2 is 2.16 bits per heavy atom. The summed E-state index contributed by atoms with van der Waals surface area (Å²) in [6.07, 6.45) is -3.12. The molecule has 1 aromatic carbocycles. The summed E-state index contributed by atoms with van der Waals surface area (Å²) in [4.78, 5) is 4.13. The van der Waals surface area contributed by atoms with Gasteiger partial charge in [0.1, 0.15) is 0 Å². The first kappa shape index (κ1) is 12.7. The van der Waals surface area contributed by atoms with Crippen LogP contribution >= 0.6 is 11.3 Å². The van der Waals surface area contributed by atoms with Gasteiger partial charge in [0, 0.05) is 12.2 Å². The third-order valence-corrected chi connectivity index (χ3v) is 3.98. The Hall–Kier alpha value is -1.34. The van der Waals surface area contributed by atoms with Crippen LogP contribution in [-0.4, -0.2) is 11.6 Å². The molecule has 0 aliphatic carbocycles. The second-order valence-corrected chi connectivity index (χ2v) is 5.53. The van der Waals surface area contributed by atoms with Crippen molar-refractivity contribution in [3.05, 3.63) is 23.3 Å². The van der Waals surface area contributed by atoms with Crippen LogP contribution in [-0.2, 0) is 10.9 Å². The Labute approximate surface area is 111 Å². The summed E-state index contributed by atoms with van der Waals surface area (Å²) in [6, 6.07) is 2.24. The molecule has 1 unspecified atom stereocenters. The monoisotopic (exact) mass is 288 g/mol. The number of nitrogen functional groups attached to an aromatic ring is 1. The molecule has 0 amide bonds. The molecule has 1 aliphatic rings. The number of hydrogen-bond donors (Lipinski definition) is 1. The van der Waals surface area contributed by atoms with Gasteiger partial charge in [0.25, 0.3) is 0 Å². The SMILES string of the molecule is Nc1nc2c(C3CCCO3)cc(C(F)(F)F)cc2s1. The smallest absolute Gasteiger partial charge is 0.375 e. The third-order valence-electron chi connectivity index (χ3n) is 3.14. The molecule has 1 fully saturated rings. The van der Waals surface area contributed by atoms with E-state index in [4.69, 9.17) is 10.5 Å². The highest BCUT2D eigenvalue weighted by molar-refractivity contribution is 7.22. The maximum atomic E-state index is 12.9. The van der Waals surface area contributed by atoms with Gasteiger partial charge in [0.05, 0.1) is 21.9 Å². The van der Waals surface area contributed by atoms with Gasteiger partial charge in [-0.1, -0.05) is 11.3 Å². The van der Waals surface area contributed by atoms with Crippen molar-refractivity contribution in [2.45, 2.75) is 25.1 Å². The van der Waals surface area contributed by atoms with E-state index in [9.17, 15) is 13.2 Å². The molecule has 3 rings (SSSR count). The van der Waals surface area contributed by atoms with Gasteiger partial charge in [-0.05, 0) is 25.0 Å². The standard InChI is InChI=1S/C12H11F3N2OS/c13-12(14,15)6-4-7(8-2-1-3-18-8)10-9(5-6)19-11(16)17-10/h4-5,8H,1-3H2,(H2,16,17). The zero-order chi connectivity index (χ0) is 13.6. The average Bonchev–Trinajstić information content (AvgIpc) is 2.92. The molecule has 0 bridgehead atoms. The molecule has 3 nitrogen and oxygen atoms in total. The van der Waals surface area contributed by atoms with Gasteiger partial charge in [0.2, 0.25) is 0 Å². The lowest BCUT2D eigenvalue weighted by Crippen LogP contribution is -2.07. The van der Waals surface area contributed by atoms with Gasteiger partial charge >= 0.3 is 6.18 Å². The van der Waals surface area contributed by atoms with Gasteiger partial charge in [0.15, 0.2) is 5.13 Å². The van der Waals surface area contributed by atoms with Gasteiger partial charge in [-0.25, -0.2) is 4.98 Å². The number of fused-ring (bicyclic) bond motifs is 1. The van der Waals surface area contributed by atoms with Gasteiger partial charge in [-0.15, -0.1) is 0 Å². The van der Waals surface area contributed by atoms with Crippen molar-refractivity contribution in [3.8, 4) is 0 Å². The van der Waals surface area contributed by atoms with E-state index >= 15 is 0 Å². The third kappa shape index (κ3) is 2.28. The number of alkyl halides is 3. The average molecular weight is 288 g/mol. The molecular formula is C12H11F3N2OS. The fourth-order valence-corrected chi connectivity index (χ4v) is 3.11. The van der Waals surface area contributed by atoms with Gasteiger partial charge in [-0.3, -0.25) is 0 Å². The van der Waals surface area contributed by atoms with E-state index in [1.165, 1.54) is 0 Å². The topological polar surface area (TPSA) is 48.1 Å². The predicted octanol–water partition coefficient (Wildman–Crippen LogP) is 3.75. The fourth-order valence-electron chi connectivity index (χ4n) is 2.30. The molecule has 1 saturated heterocycles.